The summed E-state index contributed by atoms with van der Waals surface area (Å²) in [4.78, 5) is 28.5. The fourth-order valence-electron chi connectivity index (χ4n) is 2.45. The van der Waals surface area contributed by atoms with E-state index >= 15 is 0 Å². The Morgan fingerprint density at radius 3 is 3.18 bits per heavy atom. The second-order valence-electron chi connectivity index (χ2n) is 5.10. The third-order valence-corrected chi connectivity index (χ3v) is 3.64. The maximum absolute atomic E-state index is 12.3. The fraction of sp³-hybridized carbons (Fsp3) is 0.312. The van der Waals surface area contributed by atoms with Gasteiger partial charge in [0.1, 0.15) is 17.1 Å². The van der Waals surface area contributed by atoms with Crippen molar-refractivity contribution in [2.45, 2.75) is 26.3 Å². The molecule has 0 fully saturated rings. The lowest BCUT2D eigenvalue weighted by atomic mass is 10.1. The zero-order chi connectivity index (χ0) is 15.5. The summed E-state index contributed by atoms with van der Waals surface area (Å²) in [5.41, 5.74) is 1.30. The van der Waals surface area contributed by atoms with Gasteiger partial charge >= 0.3 is 0 Å². The van der Waals surface area contributed by atoms with Crippen LogP contribution >= 0.6 is 0 Å². The van der Waals surface area contributed by atoms with Crippen LogP contribution < -0.4 is 15.6 Å². The number of hydrogen-bond acceptors (Lipinski definition) is 4. The number of anilines is 1. The molecular weight excluding hydrogens is 282 g/mol. The van der Waals surface area contributed by atoms with Crippen LogP contribution in [-0.2, 0) is 13.0 Å². The van der Waals surface area contributed by atoms with Gasteiger partial charge in [0.05, 0.1) is 12.8 Å². The third-order valence-electron chi connectivity index (χ3n) is 3.64. The molecule has 3 heterocycles. The molecule has 22 heavy (non-hydrogen) atoms. The van der Waals surface area contributed by atoms with E-state index in [1.54, 1.807) is 30.6 Å². The summed E-state index contributed by atoms with van der Waals surface area (Å²) in [6, 6.07) is 5.05. The highest BCUT2D eigenvalue weighted by Gasteiger charge is 2.16. The van der Waals surface area contributed by atoms with E-state index in [1.165, 1.54) is 4.57 Å². The standard InChI is InChI=1S/C16H17N3O3/c1-2-19-7-3-6-12(16(19)21)18-15(20)13-9-11-5-4-8-22-14(11)10-17-13/h3,6-7,9-10H,2,4-5,8H2,1H3,(H,18,20). The normalized spacial score (nSPS) is 13.1. The largest absolute Gasteiger partial charge is 0.492 e. The number of nitrogens with zero attached hydrogens (tertiary/aromatic N) is 2. The molecule has 1 aliphatic heterocycles. The second-order valence-corrected chi connectivity index (χ2v) is 5.10. The highest BCUT2D eigenvalue weighted by atomic mass is 16.5. The van der Waals surface area contributed by atoms with E-state index in [1.807, 2.05) is 6.92 Å². The Kier molecular flexibility index (Phi) is 3.91. The summed E-state index contributed by atoms with van der Waals surface area (Å²) in [5.74, 6) is 0.343. The van der Waals surface area contributed by atoms with Crippen LogP contribution in [0.1, 0.15) is 29.4 Å². The van der Waals surface area contributed by atoms with Crippen molar-refractivity contribution in [1.82, 2.24) is 9.55 Å². The second kappa shape index (κ2) is 6.01. The van der Waals surface area contributed by atoms with E-state index in [4.69, 9.17) is 4.74 Å². The first kappa shape index (κ1) is 14.3. The monoisotopic (exact) mass is 299 g/mol. The van der Waals surface area contributed by atoms with Crippen molar-refractivity contribution in [3.8, 4) is 5.75 Å². The highest BCUT2D eigenvalue weighted by Crippen LogP contribution is 2.24. The van der Waals surface area contributed by atoms with E-state index < -0.39 is 0 Å². The predicted octanol–water partition coefficient (Wildman–Crippen LogP) is 1.84. The van der Waals surface area contributed by atoms with Gasteiger partial charge in [-0.05, 0) is 43.5 Å². The SMILES string of the molecule is CCn1cccc(NC(=O)c2cc3c(cn2)OCCC3)c1=O. The molecule has 1 amide bonds. The van der Waals surface area contributed by atoms with Crippen LogP contribution in [0.3, 0.4) is 0 Å². The number of hydrogen-bond donors (Lipinski definition) is 1. The molecular formula is C16H17N3O3. The third kappa shape index (κ3) is 2.72. The van der Waals surface area contributed by atoms with Gasteiger partial charge in [0, 0.05) is 12.7 Å². The smallest absolute Gasteiger partial charge is 0.274 e. The van der Waals surface area contributed by atoms with Gasteiger partial charge in [-0.25, -0.2) is 4.98 Å². The van der Waals surface area contributed by atoms with Gasteiger partial charge in [-0.1, -0.05) is 0 Å². The van der Waals surface area contributed by atoms with Crippen molar-refractivity contribution >= 4 is 11.6 Å². The highest BCUT2D eigenvalue weighted by molar-refractivity contribution is 6.02. The van der Waals surface area contributed by atoms with Crippen molar-refractivity contribution in [2.75, 3.05) is 11.9 Å². The van der Waals surface area contributed by atoms with Crippen LogP contribution in [-0.4, -0.2) is 22.1 Å². The summed E-state index contributed by atoms with van der Waals surface area (Å²) in [5, 5.41) is 2.63. The average molecular weight is 299 g/mol. The van der Waals surface area contributed by atoms with Gasteiger partial charge in [0.15, 0.2) is 0 Å². The average Bonchev–Trinajstić information content (AvgIpc) is 2.56. The number of amides is 1. The number of carbonyl (C=O) groups is 1. The van der Waals surface area contributed by atoms with E-state index in [0.717, 1.165) is 24.2 Å². The molecule has 0 aromatic carbocycles. The first-order valence-corrected chi connectivity index (χ1v) is 7.31. The molecule has 1 aliphatic rings. The Bertz CT molecular complexity index is 767. The molecule has 0 saturated carbocycles. The summed E-state index contributed by atoms with van der Waals surface area (Å²) in [6.45, 7) is 3.11. The lowest BCUT2D eigenvalue weighted by Crippen LogP contribution is -2.25. The molecule has 6 heteroatoms. The van der Waals surface area contributed by atoms with Crippen LogP contribution in [0.5, 0.6) is 5.75 Å². The molecule has 114 valence electrons. The van der Waals surface area contributed by atoms with Crippen LogP contribution in [0.25, 0.3) is 0 Å². The Labute approximate surface area is 127 Å². The van der Waals surface area contributed by atoms with E-state index in [2.05, 4.69) is 10.3 Å². The minimum atomic E-state index is -0.390. The van der Waals surface area contributed by atoms with Crippen LogP contribution in [0, 0.1) is 0 Å². The number of rotatable bonds is 3. The molecule has 0 saturated heterocycles. The lowest BCUT2D eigenvalue weighted by Gasteiger charge is -2.17. The Balaban J connectivity index is 1.84. The number of aryl methyl sites for hydroxylation is 2. The number of nitrogens with one attached hydrogen (secondary N) is 1. The molecule has 6 nitrogen and oxygen atoms in total. The number of aromatic nitrogens is 2. The molecule has 0 bridgehead atoms. The maximum atomic E-state index is 12.3. The quantitative estimate of drug-likeness (QED) is 0.938. The van der Waals surface area contributed by atoms with E-state index in [9.17, 15) is 9.59 Å². The minimum absolute atomic E-state index is 0.223. The molecule has 3 rings (SSSR count). The van der Waals surface area contributed by atoms with Gasteiger partial charge in [-0.2, -0.15) is 0 Å². The Morgan fingerprint density at radius 2 is 2.36 bits per heavy atom. The Morgan fingerprint density at radius 1 is 1.50 bits per heavy atom. The summed E-state index contributed by atoms with van der Waals surface area (Å²) in [6.07, 6.45) is 5.05. The first-order chi connectivity index (χ1) is 10.7. The Hall–Kier alpha value is -2.63. The van der Waals surface area contributed by atoms with Gasteiger partial charge < -0.3 is 14.6 Å². The molecule has 0 radical (unpaired) electrons. The predicted molar refractivity (Wildman–Crippen MR) is 82.4 cm³/mol. The topological polar surface area (TPSA) is 73.2 Å². The molecule has 0 unspecified atom stereocenters. The number of ether oxygens (including phenoxy) is 1. The maximum Gasteiger partial charge on any atom is 0.274 e. The number of pyridine rings is 2. The molecule has 1 N–H and O–H groups in total. The fourth-order valence-corrected chi connectivity index (χ4v) is 2.45. The number of fused-ring (bicyclic) bond motifs is 1. The van der Waals surface area contributed by atoms with Crippen LogP contribution in [0.15, 0.2) is 35.4 Å². The van der Waals surface area contributed by atoms with Gasteiger partial charge in [-0.3, -0.25) is 9.59 Å². The molecule has 0 aliphatic carbocycles. The van der Waals surface area contributed by atoms with Crippen molar-refractivity contribution in [3.05, 3.63) is 52.2 Å². The lowest BCUT2D eigenvalue weighted by molar-refractivity contribution is 0.102. The molecule has 2 aromatic rings. The first-order valence-electron chi connectivity index (χ1n) is 7.31. The van der Waals surface area contributed by atoms with Crippen molar-refractivity contribution in [3.63, 3.8) is 0 Å². The zero-order valence-corrected chi connectivity index (χ0v) is 12.3. The van der Waals surface area contributed by atoms with Gasteiger partial charge in [0.2, 0.25) is 0 Å². The number of carbonyl (C=O) groups excluding carboxylic acids is 1. The summed E-state index contributed by atoms with van der Waals surface area (Å²) >= 11 is 0. The molecule has 0 atom stereocenters. The zero-order valence-electron chi connectivity index (χ0n) is 12.3. The molecule has 2 aromatic heterocycles. The van der Waals surface area contributed by atoms with E-state index in [0.29, 0.717) is 13.2 Å². The van der Waals surface area contributed by atoms with Crippen molar-refractivity contribution in [2.24, 2.45) is 0 Å². The van der Waals surface area contributed by atoms with Crippen molar-refractivity contribution < 1.29 is 9.53 Å². The van der Waals surface area contributed by atoms with Crippen molar-refractivity contribution in [1.29, 1.82) is 0 Å². The van der Waals surface area contributed by atoms with Crippen LogP contribution in [0.2, 0.25) is 0 Å². The minimum Gasteiger partial charge on any atom is -0.492 e. The van der Waals surface area contributed by atoms with Gasteiger partial charge in [-0.15, -0.1) is 0 Å². The summed E-state index contributed by atoms with van der Waals surface area (Å²) in [7, 11) is 0. The summed E-state index contributed by atoms with van der Waals surface area (Å²) < 4.78 is 7.01. The van der Waals surface area contributed by atoms with E-state index in [-0.39, 0.29) is 22.8 Å². The van der Waals surface area contributed by atoms with Gasteiger partial charge in [0.25, 0.3) is 11.5 Å². The van der Waals surface area contributed by atoms with Crippen LogP contribution in [0.4, 0.5) is 5.69 Å². The molecule has 0 spiro atoms.